The minimum Gasteiger partial charge on any atom is -0.465 e. The number of fused-ring (bicyclic) bond motifs is 1. The van der Waals surface area contributed by atoms with E-state index in [1.165, 1.54) is 50.1 Å². The fourth-order valence-electron chi connectivity index (χ4n) is 6.75. The van der Waals surface area contributed by atoms with Crippen LogP contribution in [-0.2, 0) is 5.41 Å². The largest absolute Gasteiger partial charge is 0.465 e. The Morgan fingerprint density at radius 2 is 1.49 bits per heavy atom. The summed E-state index contributed by atoms with van der Waals surface area (Å²) >= 11 is 0. The maximum atomic E-state index is 6.08. The molecule has 4 aromatic rings. The van der Waals surface area contributed by atoms with E-state index in [9.17, 15) is 0 Å². The quantitative estimate of drug-likeness (QED) is 0.236. The molecule has 196 valence electrons. The van der Waals surface area contributed by atoms with Gasteiger partial charge in [-0.3, -0.25) is 0 Å². The van der Waals surface area contributed by atoms with Gasteiger partial charge in [-0.15, -0.1) is 0 Å². The molecule has 2 aliphatic rings. The van der Waals surface area contributed by atoms with Crippen LogP contribution in [-0.4, -0.2) is 8.07 Å². The molecule has 0 aliphatic heterocycles. The normalized spacial score (nSPS) is 19.0. The molecule has 2 aliphatic carbocycles. The molecule has 0 bridgehead atoms. The van der Waals surface area contributed by atoms with E-state index in [1.54, 1.807) is 0 Å². The Balaban J connectivity index is 1.46. The summed E-state index contributed by atoms with van der Waals surface area (Å²) in [5.74, 6) is 0.998. The third kappa shape index (κ3) is 4.51. The molecule has 0 amide bonds. The van der Waals surface area contributed by atoms with Gasteiger partial charge in [0.2, 0.25) is 0 Å². The van der Waals surface area contributed by atoms with Crippen molar-refractivity contribution in [1.29, 1.82) is 0 Å². The van der Waals surface area contributed by atoms with Crippen molar-refractivity contribution in [2.45, 2.75) is 57.3 Å². The van der Waals surface area contributed by atoms with Crippen molar-refractivity contribution in [2.75, 3.05) is 0 Å². The lowest BCUT2D eigenvalue weighted by atomic mass is 9.86. The highest BCUT2D eigenvalue weighted by atomic mass is 28.3. The van der Waals surface area contributed by atoms with Gasteiger partial charge >= 0.3 is 0 Å². The van der Waals surface area contributed by atoms with E-state index in [-0.39, 0.29) is 5.41 Å². The monoisotopic (exact) mass is 526 g/mol. The Kier molecular flexibility index (Phi) is 6.27. The van der Waals surface area contributed by atoms with Gasteiger partial charge in [0.1, 0.15) is 5.76 Å². The van der Waals surface area contributed by atoms with Crippen molar-refractivity contribution in [2.24, 2.45) is 0 Å². The first-order valence-electron chi connectivity index (χ1n) is 14.1. The SMILES string of the molecule is CC1=CC(c2ccccc2)=CC1[Si](C)(C)C1C(c2ccco2)=Cc2c(-c3ccc(C(C)(C)C)cc3)cccc21. The highest BCUT2D eigenvalue weighted by Crippen LogP contribution is 2.55. The van der Waals surface area contributed by atoms with Gasteiger partial charge in [0.15, 0.2) is 0 Å². The Morgan fingerprint density at radius 3 is 2.15 bits per heavy atom. The minimum absolute atomic E-state index is 0.142. The minimum atomic E-state index is -1.98. The molecule has 0 spiro atoms. The standard InChI is InChI=1S/C37H38OSi/c1-25-22-28(26-12-8-7-9-13-26)23-35(25)39(5,6)36-31-15-10-14-30(27-17-19-29(20-18-27)37(2,3)4)32(31)24-33(36)34-16-11-21-38-34/h7-24,35-36H,1-6H3. The molecule has 1 aromatic heterocycles. The van der Waals surface area contributed by atoms with Crippen LogP contribution < -0.4 is 0 Å². The predicted molar refractivity (Wildman–Crippen MR) is 169 cm³/mol. The van der Waals surface area contributed by atoms with E-state index in [0.717, 1.165) is 5.76 Å². The van der Waals surface area contributed by atoms with Gasteiger partial charge in [0.05, 0.1) is 14.3 Å². The zero-order valence-corrected chi connectivity index (χ0v) is 25.0. The lowest BCUT2D eigenvalue weighted by Gasteiger charge is -2.37. The van der Waals surface area contributed by atoms with Crippen LogP contribution in [0, 0.1) is 0 Å². The van der Waals surface area contributed by atoms with Crippen molar-refractivity contribution < 1.29 is 4.42 Å². The number of hydrogen-bond donors (Lipinski definition) is 0. The molecule has 1 nitrogen and oxygen atoms in total. The molecule has 39 heavy (non-hydrogen) atoms. The van der Waals surface area contributed by atoms with Gasteiger partial charge in [-0.25, -0.2) is 0 Å². The number of rotatable bonds is 5. The van der Waals surface area contributed by atoms with Gasteiger partial charge in [-0.05, 0) is 75.0 Å². The fourth-order valence-corrected chi connectivity index (χ4v) is 11.1. The predicted octanol–water partition coefficient (Wildman–Crippen LogP) is 10.5. The highest BCUT2D eigenvalue weighted by molar-refractivity contribution is 6.83. The first-order valence-corrected chi connectivity index (χ1v) is 17.2. The van der Waals surface area contributed by atoms with Crippen molar-refractivity contribution in [3.8, 4) is 11.1 Å². The molecule has 2 unspecified atom stereocenters. The lowest BCUT2D eigenvalue weighted by Crippen LogP contribution is -2.39. The summed E-state index contributed by atoms with van der Waals surface area (Å²) in [6.07, 6.45) is 9.19. The smallest absolute Gasteiger partial charge is 0.130 e. The van der Waals surface area contributed by atoms with Gasteiger partial charge in [-0.2, -0.15) is 0 Å². The van der Waals surface area contributed by atoms with E-state index in [4.69, 9.17) is 4.42 Å². The van der Waals surface area contributed by atoms with Crippen LogP contribution >= 0.6 is 0 Å². The molecule has 0 fully saturated rings. The Morgan fingerprint density at radius 1 is 0.744 bits per heavy atom. The molecule has 2 atom stereocenters. The number of benzene rings is 3. The second kappa shape index (κ2) is 9.53. The summed E-state index contributed by atoms with van der Waals surface area (Å²) in [5.41, 5.74) is 13.2. The third-order valence-corrected chi connectivity index (χ3v) is 13.1. The molecule has 0 saturated carbocycles. The van der Waals surface area contributed by atoms with Crippen LogP contribution in [0.1, 0.15) is 61.3 Å². The van der Waals surface area contributed by atoms with Crippen molar-refractivity contribution in [1.82, 2.24) is 0 Å². The topological polar surface area (TPSA) is 13.1 Å². The van der Waals surface area contributed by atoms with Crippen LogP contribution in [0.15, 0.2) is 113 Å². The summed E-state index contributed by atoms with van der Waals surface area (Å²) in [6, 6.07) is 31.0. The lowest BCUT2D eigenvalue weighted by molar-refractivity contribution is 0.551. The molecule has 0 saturated heterocycles. The summed E-state index contributed by atoms with van der Waals surface area (Å²) in [7, 11) is -1.98. The molecule has 2 heteroatoms. The molecular formula is C37H38OSi. The first kappa shape index (κ1) is 25.6. The third-order valence-electron chi connectivity index (χ3n) is 8.80. The Bertz CT molecular complexity index is 1590. The fraction of sp³-hybridized carbons (Fsp3) is 0.243. The van der Waals surface area contributed by atoms with E-state index in [2.05, 4.69) is 138 Å². The summed E-state index contributed by atoms with van der Waals surface area (Å²) in [4.78, 5) is 0. The van der Waals surface area contributed by atoms with Crippen LogP contribution in [0.4, 0.5) is 0 Å². The maximum Gasteiger partial charge on any atom is 0.130 e. The maximum absolute atomic E-state index is 6.08. The number of hydrogen-bond acceptors (Lipinski definition) is 1. The summed E-state index contributed by atoms with van der Waals surface area (Å²) in [5, 5.41) is 0. The van der Waals surface area contributed by atoms with Crippen LogP contribution in [0.25, 0.3) is 28.3 Å². The average molecular weight is 527 g/mol. The molecular weight excluding hydrogens is 488 g/mol. The van der Waals surface area contributed by atoms with Gasteiger partial charge < -0.3 is 4.42 Å². The van der Waals surface area contributed by atoms with Crippen molar-refractivity contribution in [3.05, 3.63) is 137 Å². The molecule has 0 N–H and O–H groups in total. The Labute approximate surface area is 234 Å². The summed E-state index contributed by atoms with van der Waals surface area (Å²) < 4.78 is 6.08. The average Bonchev–Trinajstić information content (AvgIpc) is 3.67. The number of furan rings is 1. The molecule has 3 aromatic carbocycles. The number of allylic oxidation sites excluding steroid dienone is 5. The van der Waals surface area contributed by atoms with Gasteiger partial charge in [-0.1, -0.05) is 124 Å². The molecule has 0 radical (unpaired) electrons. The Hall–Kier alpha value is -3.62. The van der Waals surface area contributed by atoms with E-state index >= 15 is 0 Å². The second-order valence-electron chi connectivity index (χ2n) is 12.8. The van der Waals surface area contributed by atoms with E-state index in [0.29, 0.717) is 11.1 Å². The molecule has 1 heterocycles. The van der Waals surface area contributed by atoms with E-state index in [1.807, 2.05) is 12.3 Å². The second-order valence-corrected chi connectivity index (χ2v) is 17.7. The zero-order chi connectivity index (χ0) is 27.4. The first-order chi connectivity index (χ1) is 18.6. The van der Waals surface area contributed by atoms with Crippen molar-refractivity contribution >= 4 is 25.3 Å². The van der Waals surface area contributed by atoms with E-state index < -0.39 is 8.07 Å². The van der Waals surface area contributed by atoms with Crippen molar-refractivity contribution in [3.63, 3.8) is 0 Å². The van der Waals surface area contributed by atoms with Crippen LogP contribution in [0.2, 0.25) is 18.6 Å². The van der Waals surface area contributed by atoms with Crippen LogP contribution in [0.3, 0.4) is 0 Å². The highest BCUT2D eigenvalue weighted by Gasteiger charge is 2.47. The zero-order valence-electron chi connectivity index (χ0n) is 24.0. The summed E-state index contributed by atoms with van der Waals surface area (Å²) in [6.45, 7) is 14.3. The molecule has 6 rings (SSSR count). The van der Waals surface area contributed by atoms with Crippen LogP contribution in [0.5, 0.6) is 0 Å². The van der Waals surface area contributed by atoms with Gasteiger partial charge in [0, 0.05) is 11.1 Å². The van der Waals surface area contributed by atoms with Gasteiger partial charge in [0.25, 0.3) is 0 Å².